The summed E-state index contributed by atoms with van der Waals surface area (Å²) in [5.41, 5.74) is 0. The molecule has 1 N–H and O–H groups in total. The monoisotopic (exact) mass is 234 g/mol. The third-order valence-corrected chi connectivity index (χ3v) is 2.52. The van der Waals surface area contributed by atoms with Crippen LogP contribution in [0.3, 0.4) is 0 Å². The van der Waals surface area contributed by atoms with Crippen molar-refractivity contribution in [2.75, 3.05) is 20.4 Å². The van der Waals surface area contributed by atoms with Gasteiger partial charge in [0.05, 0.1) is 18.7 Å². The first-order valence-electron chi connectivity index (χ1n) is 5.43. The van der Waals surface area contributed by atoms with Gasteiger partial charge in [0.1, 0.15) is 5.75 Å². The summed E-state index contributed by atoms with van der Waals surface area (Å²) < 4.78 is 16.0. The van der Waals surface area contributed by atoms with Gasteiger partial charge >= 0.3 is 0 Å². The van der Waals surface area contributed by atoms with Gasteiger partial charge in [0.2, 0.25) is 6.79 Å². The maximum absolute atomic E-state index is 8.75. The number of rotatable bonds is 5. The SMILES string of the molecule is CNC(C#N)CCOc1ccc2c(c1)OCO2. The van der Waals surface area contributed by atoms with Gasteiger partial charge in [-0.2, -0.15) is 5.26 Å². The Kier molecular flexibility index (Phi) is 3.68. The number of benzene rings is 1. The second-order valence-electron chi connectivity index (χ2n) is 3.62. The Labute approximate surface area is 99.9 Å². The van der Waals surface area contributed by atoms with Crippen LogP contribution in [0, 0.1) is 11.3 Å². The van der Waals surface area contributed by atoms with Crippen LogP contribution in [-0.2, 0) is 0 Å². The lowest BCUT2D eigenvalue weighted by Gasteiger charge is -2.09. The normalized spacial score (nSPS) is 14.1. The van der Waals surface area contributed by atoms with Crippen molar-refractivity contribution in [3.8, 4) is 23.3 Å². The molecule has 90 valence electrons. The summed E-state index contributed by atoms with van der Waals surface area (Å²) in [6.45, 7) is 0.744. The van der Waals surface area contributed by atoms with Crippen molar-refractivity contribution in [3.63, 3.8) is 0 Å². The van der Waals surface area contributed by atoms with Crippen LogP contribution in [0.2, 0.25) is 0 Å². The lowest BCUT2D eigenvalue weighted by atomic mass is 10.2. The number of fused-ring (bicyclic) bond motifs is 1. The van der Waals surface area contributed by atoms with E-state index >= 15 is 0 Å². The fourth-order valence-corrected chi connectivity index (χ4v) is 1.53. The maximum Gasteiger partial charge on any atom is 0.231 e. The summed E-state index contributed by atoms with van der Waals surface area (Å²) in [5, 5.41) is 11.6. The highest BCUT2D eigenvalue weighted by Gasteiger charge is 2.13. The van der Waals surface area contributed by atoms with Crippen LogP contribution in [0.5, 0.6) is 17.2 Å². The zero-order valence-electron chi connectivity index (χ0n) is 9.60. The van der Waals surface area contributed by atoms with E-state index in [2.05, 4.69) is 11.4 Å². The summed E-state index contributed by atoms with van der Waals surface area (Å²) in [6, 6.07) is 7.41. The Bertz CT molecular complexity index is 428. The van der Waals surface area contributed by atoms with Crippen molar-refractivity contribution in [1.29, 1.82) is 5.26 Å². The Hall–Kier alpha value is -1.93. The molecule has 0 radical (unpaired) electrons. The second kappa shape index (κ2) is 5.41. The minimum absolute atomic E-state index is 0.177. The summed E-state index contributed by atoms with van der Waals surface area (Å²) >= 11 is 0. The molecule has 1 aromatic rings. The van der Waals surface area contributed by atoms with E-state index in [1.165, 1.54) is 0 Å². The highest BCUT2D eigenvalue weighted by atomic mass is 16.7. The van der Waals surface area contributed by atoms with E-state index in [9.17, 15) is 0 Å². The molecule has 0 fully saturated rings. The molecule has 1 aliphatic heterocycles. The van der Waals surface area contributed by atoms with Crippen molar-refractivity contribution >= 4 is 0 Å². The van der Waals surface area contributed by atoms with Gasteiger partial charge in [0.25, 0.3) is 0 Å². The smallest absolute Gasteiger partial charge is 0.231 e. The molecular formula is C12H14N2O3. The van der Waals surface area contributed by atoms with Crippen molar-refractivity contribution in [2.24, 2.45) is 0 Å². The molecule has 0 aromatic heterocycles. The van der Waals surface area contributed by atoms with Crippen LogP contribution in [0.1, 0.15) is 6.42 Å². The minimum atomic E-state index is -0.177. The molecule has 2 rings (SSSR count). The first-order valence-corrected chi connectivity index (χ1v) is 5.43. The molecule has 0 amide bonds. The van der Waals surface area contributed by atoms with Crippen molar-refractivity contribution < 1.29 is 14.2 Å². The van der Waals surface area contributed by atoms with E-state index in [0.29, 0.717) is 18.8 Å². The summed E-state index contributed by atoms with van der Waals surface area (Å²) in [6.07, 6.45) is 0.640. The van der Waals surface area contributed by atoms with Crippen LogP contribution < -0.4 is 19.5 Å². The van der Waals surface area contributed by atoms with Crippen molar-refractivity contribution in [1.82, 2.24) is 5.32 Å². The first kappa shape index (κ1) is 11.6. The third-order valence-electron chi connectivity index (χ3n) is 2.52. The Morgan fingerprint density at radius 2 is 2.29 bits per heavy atom. The summed E-state index contributed by atoms with van der Waals surface area (Å²) in [5.74, 6) is 2.16. The summed E-state index contributed by atoms with van der Waals surface area (Å²) in [4.78, 5) is 0. The van der Waals surface area contributed by atoms with Gasteiger partial charge in [-0.3, -0.25) is 0 Å². The van der Waals surface area contributed by atoms with Gasteiger partial charge in [0.15, 0.2) is 11.5 Å². The topological polar surface area (TPSA) is 63.5 Å². The molecule has 1 unspecified atom stereocenters. The van der Waals surface area contributed by atoms with E-state index < -0.39 is 0 Å². The minimum Gasteiger partial charge on any atom is -0.493 e. The van der Waals surface area contributed by atoms with Crippen molar-refractivity contribution in [2.45, 2.75) is 12.5 Å². The maximum atomic E-state index is 8.75. The molecule has 1 aliphatic rings. The number of hydrogen-bond donors (Lipinski definition) is 1. The Morgan fingerprint density at radius 3 is 3.06 bits per heavy atom. The number of ether oxygens (including phenoxy) is 3. The van der Waals surface area contributed by atoms with E-state index in [-0.39, 0.29) is 12.8 Å². The molecule has 0 saturated carbocycles. The number of nitrogens with one attached hydrogen (secondary N) is 1. The van der Waals surface area contributed by atoms with Crippen molar-refractivity contribution in [3.05, 3.63) is 18.2 Å². The molecule has 5 nitrogen and oxygen atoms in total. The quantitative estimate of drug-likeness (QED) is 0.831. The lowest BCUT2D eigenvalue weighted by Crippen LogP contribution is -2.25. The lowest BCUT2D eigenvalue weighted by molar-refractivity contribution is 0.173. The number of nitrogens with zero attached hydrogens (tertiary/aromatic N) is 1. The molecule has 0 bridgehead atoms. The molecule has 0 saturated heterocycles. The molecule has 0 aliphatic carbocycles. The number of hydrogen-bond acceptors (Lipinski definition) is 5. The van der Waals surface area contributed by atoms with Crippen LogP contribution in [0.25, 0.3) is 0 Å². The summed E-state index contributed by atoms with van der Waals surface area (Å²) in [7, 11) is 1.76. The van der Waals surface area contributed by atoms with Crippen LogP contribution in [-0.4, -0.2) is 26.5 Å². The second-order valence-corrected chi connectivity index (χ2v) is 3.62. The van der Waals surface area contributed by atoms with E-state index in [1.807, 2.05) is 12.1 Å². The van der Waals surface area contributed by atoms with Gasteiger partial charge in [-0.25, -0.2) is 0 Å². The van der Waals surface area contributed by atoms with Crippen LogP contribution in [0.15, 0.2) is 18.2 Å². The predicted octanol–water partition coefficient (Wildman–Crippen LogP) is 1.30. The zero-order valence-corrected chi connectivity index (χ0v) is 9.60. The average Bonchev–Trinajstić information content (AvgIpc) is 2.82. The molecule has 1 heterocycles. The molecule has 0 spiro atoms. The molecule has 17 heavy (non-hydrogen) atoms. The fourth-order valence-electron chi connectivity index (χ4n) is 1.53. The standard InChI is InChI=1S/C12H14N2O3/c1-14-9(7-13)4-5-15-10-2-3-11-12(6-10)17-8-16-11/h2-3,6,9,14H,4-5,8H2,1H3. The zero-order chi connectivity index (χ0) is 12.1. The van der Waals surface area contributed by atoms with E-state index in [4.69, 9.17) is 19.5 Å². The first-order chi connectivity index (χ1) is 8.33. The molecule has 1 aromatic carbocycles. The average molecular weight is 234 g/mol. The fraction of sp³-hybridized carbons (Fsp3) is 0.417. The predicted molar refractivity (Wildman–Crippen MR) is 61.1 cm³/mol. The van der Waals surface area contributed by atoms with Gasteiger partial charge in [-0.05, 0) is 19.2 Å². The van der Waals surface area contributed by atoms with Crippen LogP contribution >= 0.6 is 0 Å². The van der Waals surface area contributed by atoms with Crippen LogP contribution in [0.4, 0.5) is 0 Å². The van der Waals surface area contributed by atoms with E-state index in [0.717, 1.165) is 11.5 Å². The Balaban J connectivity index is 1.86. The van der Waals surface area contributed by atoms with Gasteiger partial charge < -0.3 is 19.5 Å². The largest absolute Gasteiger partial charge is 0.493 e. The molecular weight excluding hydrogens is 220 g/mol. The molecule has 1 atom stereocenters. The number of nitriles is 1. The van der Waals surface area contributed by atoms with Gasteiger partial charge in [-0.15, -0.1) is 0 Å². The van der Waals surface area contributed by atoms with Gasteiger partial charge in [-0.1, -0.05) is 0 Å². The van der Waals surface area contributed by atoms with E-state index in [1.54, 1.807) is 13.1 Å². The molecule has 5 heteroatoms. The highest BCUT2D eigenvalue weighted by Crippen LogP contribution is 2.35. The third kappa shape index (κ3) is 2.80. The Morgan fingerprint density at radius 1 is 1.47 bits per heavy atom. The van der Waals surface area contributed by atoms with Gasteiger partial charge in [0, 0.05) is 12.5 Å². The highest BCUT2D eigenvalue weighted by molar-refractivity contribution is 5.46.